The van der Waals surface area contributed by atoms with Gasteiger partial charge in [0.15, 0.2) is 0 Å². The minimum Gasteiger partial charge on any atom is -0.392 e. The third-order valence-electron chi connectivity index (χ3n) is 6.68. The van der Waals surface area contributed by atoms with Crippen molar-refractivity contribution in [1.29, 1.82) is 0 Å². The number of hydrogen-bond donors (Lipinski definition) is 1. The lowest BCUT2D eigenvalue weighted by Gasteiger charge is -2.30. The van der Waals surface area contributed by atoms with Gasteiger partial charge in [-0.25, -0.2) is 4.98 Å². The molecule has 178 valence electrons. The normalized spacial score (nSPS) is 21.7. The third kappa shape index (κ3) is 3.80. The van der Waals surface area contributed by atoms with E-state index in [1.54, 1.807) is 27.4 Å². The molecule has 2 fully saturated rings. The first-order valence-electron chi connectivity index (χ1n) is 11.6. The van der Waals surface area contributed by atoms with Crippen LogP contribution in [0.25, 0.3) is 28.1 Å². The van der Waals surface area contributed by atoms with Gasteiger partial charge in [0.05, 0.1) is 17.1 Å². The molecule has 34 heavy (non-hydrogen) atoms. The molecule has 2 saturated heterocycles. The van der Waals surface area contributed by atoms with Gasteiger partial charge in [-0.2, -0.15) is 4.98 Å². The Hall–Kier alpha value is -2.79. The lowest BCUT2D eigenvalue weighted by molar-refractivity contribution is 0.0690. The topological polar surface area (TPSA) is 111 Å². The first-order valence-corrected chi connectivity index (χ1v) is 12.0. The van der Waals surface area contributed by atoms with Crippen LogP contribution in [0.3, 0.4) is 0 Å². The van der Waals surface area contributed by atoms with Crippen LogP contribution >= 0.6 is 11.6 Å². The van der Waals surface area contributed by atoms with E-state index in [0.717, 1.165) is 43.3 Å². The van der Waals surface area contributed by atoms with Crippen LogP contribution in [-0.2, 0) is 11.3 Å². The number of aliphatic hydroxyl groups excluding tert-OH is 1. The van der Waals surface area contributed by atoms with Gasteiger partial charge in [0.1, 0.15) is 23.6 Å². The van der Waals surface area contributed by atoms with Crippen LogP contribution < -0.4 is 5.56 Å². The van der Waals surface area contributed by atoms with Crippen LogP contribution in [-0.4, -0.2) is 66.4 Å². The summed E-state index contributed by atoms with van der Waals surface area (Å²) in [5.74, 6) is 0.675. The molecule has 0 radical (unpaired) electrons. The number of hydrogen-bond acceptors (Lipinski definition) is 8. The number of β-amino-alcohol motifs (C(OH)–C–C–N with tert-alkyl or cyclic N) is 1. The Morgan fingerprint density at radius 3 is 2.91 bits per heavy atom. The van der Waals surface area contributed by atoms with Gasteiger partial charge in [-0.05, 0) is 50.4 Å². The van der Waals surface area contributed by atoms with E-state index in [4.69, 9.17) is 20.9 Å². The van der Waals surface area contributed by atoms with Crippen molar-refractivity contribution in [2.24, 2.45) is 0 Å². The van der Waals surface area contributed by atoms with E-state index >= 15 is 0 Å². The number of imidazole rings is 1. The number of aromatic nitrogens is 5. The number of rotatable bonds is 5. The van der Waals surface area contributed by atoms with Gasteiger partial charge in [0, 0.05) is 31.3 Å². The van der Waals surface area contributed by atoms with Crippen LogP contribution in [0, 0.1) is 0 Å². The zero-order valence-electron chi connectivity index (χ0n) is 18.6. The fraction of sp³-hybridized carbons (Fsp3) is 0.478. The quantitative estimate of drug-likeness (QED) is 0.460. The van der Waals surface area contributed by atoms with Crippen molar-refractivity contribution in [1.82, 2.24) is 29.0 Å². The summed E-state index contributed by atoms with van der Waals surface area (Å²) in [5, 5.41) is 14.7. The molecule has 5 heterocycles. The average Bonchev–Trinajstić information content (AvgIpc) is 3.59. The molecule has 10 nitrogen and oxygen atoms in total. The van der Waals surface area contributed by atoms with Gasteiger partial charge in [-0.15, -0.1) is 0 Å². The highest BCUT2D eigenvalue weighted by atomic mass is 35.5. The molecule has 0 spiro atoms. The van der Waals surface area contributed by atoms with Crippen molar-refractivity contribution < 1.29 is 14.4 Å². The summed E-state index contributed by atoms with van der Waals surface area (Å²) in [4.78, 5) is 25.0. The fourth-order valence-corrected chi connectivity index (χ4v) is 5.15. The molecule has 2 unspecified atom stereocenters. The van der Waals surface area contributed by atoms with E-state index in [-0.39, 0.29) is 23.6 Å². The maximum Gasteiger partial charge on any atom is 0.277 e. The molecule has 2 aliphatic rings. The van der Waals surface area contributed by atoms with Crippen molar-refractivity contribution >= 4 is 28.2 Å². The smallest absolute Gasteiger partial charge is 0.277 e. The van der Waals surface area contributed by atoms with Gasteiger partial charge < -0.3 is 18.9 Å². The van der Waals surface area contributed by atoms with Crippen molar-refractivity contribution in [3.63, 3.8) is 0 Å². The van der Waals surface area contributed by atoms with Gasteiger partial charge in [-0.1, -0.05) is 16.8 Å². The molecule has 3 aromatic heterocycles. The number of nitrogens with zero attached hydrogens (tertiary/aromatic N) is 6. The van der Waals surface area contributed by atoms with E-state index in [1.807, 2.05) is 6.07 Å². The van der Waals surface area contributed by atoms with Gasteiger partial charge in [0.2, 0.25) is 5.82 Å². The first-order chi connectivity index (χ1) is 16.6. The molecule has 2 aliphatic heterocycles. The zero-order valence-corrected chi connectivity index (χ0v) is 19.3. The lowest BCUT2D eigenvalue weighted by Crippen LogP contribution is -2.40. The highest BCUT2D eigenvalue weighted by Gasteiger charge is 2.27. The molecular weight excluding hydrogens is 460 g/mol. The Morgan fingerprint density at radius 1 is 1.18 bits per heavy atom. The Labute approximate surface area is 199 Å². The van der Waals surface area contributed by atoms with E-state index < -0.39 is 0 Å². The molecule has 0 bridgehead atoms. The maximum atomic E-state index is 13.8. The molecule has 6 rings (SSSR count). The highest BCUT2D eigenvalue weighted by molar-refractivity contribution is 6.31. The Kier molecular flexibility index (Phi) is 5.60. The lowest BCUT2D eigenvalue weighted by atomic mass is 10.1. The van der Waals surface area contributed by atoms with E-state index in [2.05, 4.69) is 20.0 Å². The maximum absolute atomic E-state index is 13.8. The number of ether oxygens (including phenoxy) is 1. The number of likely N-dealkylation sites (tertiary alicyclic amines) is 1. The summed E-state index contributed by atoms with van der Waals surface area (Å²) in [6.45, 7) is 3.28. The molecule has 1 N–H and O–H groups in total. The van der Waals surface area contributed by atoms with Gasteiger partial charge >= 0.3 is 0 Å². The number of piperidine rings is 1. The number of halogens is 1. The van der Waals surface area contributed by atoms with Crippen molar-refractivity contribution in [3.05, 3.63) is 45.8 Å². The Balaban J connectivity index is 1.44. The molecule has 2 atom stereocenters. The predicted molar refractivity (Wildman–Crippen MR) is 125 cm³/mol. The standard InChI is InChI=1S/C23H25ClN6O4/c24-14-5-6-16-17(11-14)29(9-8-28-7-1-3-15(31)12-28)23(32)20-19(25-13-30(16)20)21-26-22(34-27-21)18-4-2-10-33-18/h5-6,11,13,15,18,31H,1-4,7-10,12H2. The first kappa shape index (κ1) is 21.7. The van der Waals surface area contributed by atoms with Gasteiger partial charge in [0.25, 0.3) is 11.4 Å². The Morgan fingerprint density at radius 2 is 2.09 bits per heavy atom. The molecule has 0 aliphatic carbocycles. The number of benzene rings is 1. The zero-order chi connectivity index (χ0) is 23.2. The fourth-order valence-electron chi connectivity index (χ4n) is 4.99. The van der Waals surface area contributed by atoms with Crippen LogP contribution in [0.15, 0.2) is 33.8 Å². The van der Waals surface area contributed by atoms with Gasteiger partial charge in [-0.3, -0.25) is 14.1 Å². The number of fused-ring (bicyclic) bond motifs is 3. The third-order valence-corrected chi connectivity index (χ3v) is 6.92. The van der Waals surface area contributed by atoms with Crippen LogP contribution in [0.1, 0.15) is 37.7 Å². The summed E-state index contributed by atoms with van der Waals surface area (Å²) in [5.41, 5.74) is 2.08. The summed E-state index contributed by atoms with van der Waals surface area (Å²) in [6, 6.07) is 5.47. The molecule has 11 heteroatoms. The molecule has 4 aromatic rings. The van der Waals surface area contributed by atoms with E-state index in [9.17, 15) is 9.90 Å². The monoisotopic (exact) mass is 484 g/mol. The largest absolute Gasteiger partial charge is 0.392 e. The summed E-state index contributed by atoms with van der Waals surface area (Å²) >= 11 is 6.30. The minimum absolute atomic E-state index is 0.205. The summed E-state index contributed by atoms with van der Waals surface area (Å²) in [7, 11) is 0. The molecule has 1 aromatic carbocycles. The van der Waals surface area contributed by atoms with Crippen LogP contribution in [0.2, 0.25) is 5.02 Å². The van der Waals surface area contributed by atoms with Crippen molar-refractivity contribution in [2.75, 3.05) is 26.2 Å². The average molecular weight is 485 g/mol. The minimum atomic E-state index is -0.322. The second-order valence-electron chi connectivity index (χ2n) is 8.96. The second-order valence-corrected chi connectivity index (χ2v) is 9.39. The van der Waals surface area contributed by atoms with Crippen molar-refractivity contribution in [2.45, 2.75) is 44.4 Å². The van der Waals surface area contributed by atoms with Crippen LogP contribution in [0.5, 0.6) is 0 Å². The van der Waals surface area contributed by atoms with Crippen LogP contribution in [0.4, 0.5) is 0 Å². The predicted octanol–water partition coefficient (Wildman–Crippen LogP) is 2.66. The molecule has 0 saturated carbocycles. The molecule has 0 amide bonds. The Bertz CT molecular complexity index is 1410. The highest BCUT2D eigenvalue weighted by Crippen LogP contribution is 2.30. The summed E-state index contributed by atoms with van der Waals surface area (Å²) in [6.07, 6.45) is 4.61. The molecular formula is C23H25ClN6O4. The SMILES string of the molecule is O=c1c2c(-c3noc(C4CCCO4)n3)ncn2c2ccc(Cl)cc2n1CCN1CCCC(O)C1. The van der Waals surface area contributed by atoms with E-state index in [1.165, 1.54) is 0 Å². The number of aliphatic hydroxyl groups is 1. The summed E-state index contributed by atoms with van der Waals surface area (Å²) < 4.78 is 14.6. The van der Waals surface area contributed by atoms with Crippen molar-refractivity contribution in [3.8, 4) is 11.5 Å². The second kappa shape index (κ2) is 8.77. The van der Waals surface area contributed by atoms with E-state index in [0.29, 0.717) is 48.4 Å².